The third-order valence-corrected chi connectivity index (χ3v) is 4.54. The molecule has 0 saturated carbocycles. The number of aromatic nitrogens is 4. The van der Waals surface area contributed by atoms with Crippen molar-refractivity contribution in [3.8, 4) is 11.3 Å². The second-order valence-electron chi connectivity index (χ2n) is 6.15. The lowest BCUT2D eigenvalue weighted by atomic mass is 10.1. The topological polar surface area (TPSA) is 56.1 Å². The summed E-state index contributed by atoms with van der Waals surface area (Å²) in [4.78, 5) is 6.55. The Morgan fingerprint density at radius 3 is 3.12 bits per heavy atom. The van der Waals surface area contributed by atoms with E-state index < -0.39 is 0 Å². The Morgan fingerprint density at radius 1 is 1.25 bits per heavy atom. The Kier molecular flexibility index (Phi) is 4.23. The number of rotatable bonds is 4. The molecule has 24 heavy (non-hydrogen) atoms. The first-order valence-electron chi connectivity index (χ1n) is 8.40. The van der Waals surface area contributed by atoms with Gasteiger partial charge in [0.1, 0.15) is 5.69 Å². The summed E-state index contributed by atoms with van der Waals surface area (Å²) in [6, 6.07) is 8.27. The monoisotopic (exact) mass is 323 g/mol. The number of hydrogen-bond donors (Lipinski definition) is 0. The first-order valence-corrected chi connectivity index (χ1v) is 8.40. The zero-order valence-corrected chi connectivity index (χ0v) is 13.8. The van der Waals surface area contributed by atoms with Gasteiger partial charge in [0.25, 0.3) is 0 Å². The molecule has 4 rings (SSSR count). The number of fused-ring (bicyclic) bond motifs is 1. The van der Waals surface area contributed by atoms with Crippen LogP contribution in [0, 0.1) is 0 Å². The SMILES string of the molecule is CCN1CCOC(Cn2cc(-c3ccc4cnccc4c3)nn2)C1. The van der Waals surface area contributed by atoms with E-state index in [2.05, 4.69) is 45.3 Å². The summed E-state index contributed by atoms with van der Waals surface area (Å²) >= 11 is 0. The predicted molar refractivity (Wildman–Crippen MR) is 92.6 cm³/mol. The van der Waals surface area contributed by atoms with E-state index in [-0.39, 0.29) is 6.10 Å². The van der Waals surface area contributed by atoms with Crippen LogP contribution >= 0.6 is 0 Å². The summed E-state index contributed by atoms with van der Waals surface area (Å²) in [5.74, 6) is 0. The Balaban J connectivity index is 1.51. The summed E-state index contributed by atoms with van der Waals surface area (Å²) in [6.45, 7) is 6.75. The van der Waals surface area contributed by atoms with E-state index >= 15 is 0 Å². The molecular formula is C18H21N5O. The summed E-state index contributed by atoms with van der Waals surface area (Å²) in [5, 5.41) is 10.9. The minimum atomic E-state index is 0.177. The van der Waals surface area contributed by atoms with E-state index in [0.717, 1.165) is 54.8 Å². The highest BCUT2D eigenvalue weighted by atomic mass is 16.5. The Morgan fingerprint density at radius 2 is 2.21 bits per heavy atom. The number of hydrogen-bond acceptors (Lipinski definition) is 5. The molecule has 0 N–H and O–H groups in total. The van der Waals surface area contributed by atoms with Gasteiger partial charge in [0.05, 0.1) is 25.5 Å². The first kappa shape index (κ1) is 15.2. The fourth-order valence-corrected chi connectivity index (χ4v) is 3.15. The molecular weight excluding hydrogens is 302 g/mol. The smallest absolute Gasteiger partial charge is 0.113 e. The number of ether oxygens (including phenoxy) is 1. The maximum atomic E-state index is 5.85. The van der Waals surface area contributed by atoms with Gasteiger partial charge in [-0.1, -0.05) is 24.3 Å². The van der Waals surface area contributed by atoms with Crippen LogP contribution in [0.5, 0.6) is 0 Å². The van der Waals surface area contributed by atoms with Crippen LogP contribution in [0.2, 0.25) is 0 Å². The van der Waals surface area contributed by atoms with E-state index in [0.29, 0.717) is 0 Å². The van der Waals surface area contributed by atoms with E-state index in [1.54, 1.807) is 0 Å². The summed E-state index contributed by atoms with van der Waals surface area (Å²) in [6.07, 6.45) is 5.85. The highest BCUT2D eigenvalue weighted by Gasteiger charge is 2.20. The third kappa shape index (κ3) is 3.16. The largest absolute Gasteiger partial charge is 0.374 e. The molecule has 0 aliphatic carbocycles. The molecule has 124 valence electrons. The Bertz CT molecular complexity index is 831. The molecule has 1 aliphatic heterocycles. The zero-order valence-electron chi connectivity index (χ0n) is 13.8. The van der Waals surface area contributed by atoms with E-state index in [4.69, 9.17) is 4.74 Å². The van der Waals surface area contributed by atoms with Crippen molar-refractivity contribution < 1.29 is 4.74 Å². The van der Waals surface area contributed by atoms with Crippen LogP contribution in [0.4, 0.5) is 0 Å². The maximum absolute atomic E-state index is 5.85. The molecule has 1 fully saturated rings. The molecule has 0 radical (unpaired) electrons. The molecule has 0 bridgehead atoms. The molecule has 6 heteroatoms. The van der Waals surface area contributed by atoms with Crippen molar-refractivity contribution in [2.24, 2.45) is 0 Å². The van der Waals surface area contributed by atoms with Crippen molar-refractivity contribution in [2.45, 2.75) is 19.6 Å². The van der Waals surface area contributed by atoms with Crippen LogP contribution in [0.1, 0.15) is 6.92 Å². The lowest BCUT2D eigenvalue weighted by Crippen LogP contribution is -2.44. The summed E-state index contributed by atoms with van der Waals surface area (Å²) in [5.41, 5.74) is 1.96. The standard InChI is InChI=1S/C18H21N5O/c1-2-22-7-8-24-17(11-22)12-23-13-18(20-21-23)15-3-4-16-10-19-6-5-14(16)9-15/h3-6,9-10,13,17H,2,7-8,11-12H2,1H3. The number of pyridine rings is 1. The van der Waals surface area contributed by atoms with Crippen LogP contribution in [-0.2, 0) is 11.3 Å². The van der Waals surface area contributed by atoms with Gasteiger partial charge < -0.3 is 4.74 Å². The number of nitrogens with zero attached hydrogens (tertiary/aromatic N) is 5. The lowest BCUT2D eigenvalue weighted by Gasteiger charge is -2.31. The normalized spacial score (nSPS) is 19.0. The molecule has 0 spiro atoms. The summed E-state index contributed by atoms with van der Waals surface area (Å²) < 4.78 is 7.73. The van der Waals surface area contributed by atoms with Gasteiger partial charge in [-0.3, -0.25) is 9.88 Å². The van der Waals surface area contributed by atoms with Gasteiger partial charge in [0.15, 0.2) is 0 Å². The van der Waals surface area contributed by atoms with Gasteiger partial charge >= 0.3 is 0 Å². The molecule has 1 aromatic carbocycles. The maximum Gasteiger partial charge on any atom is 0.113 e. The highest BCUT2D eigenvalue weighted by Crippen LogP contribution is 2.22. The molecule has 1 aliphatic rings. The molecule has 1 atom stereocenters. The van der Waals surface area contributed by atoms with Crippen LogP contribution < -0.4 is 0 Å². The molecule has 6 nitrogen and oxygen atoms in total. The van der Waals surface area contributed by atoms with Crippen LogP contribution in [0.25, 0.3) is 22.0 Å². The molecule has 3 heterocycles. The second-order valence-corrected chi connectivity index (χ2v) is 6.15. The predicted octanol–water partition coefficient (Wildman–Crippen LogP) is 2.21. The van der Waals surface area contributed by atoms with Gasteiger partial charge in [0.2, 0.25) is 0 Å². The molecule has 1 unspecified atom stereocenters. The van der Waals surface area contributed by atoms with E-state index in [9.17, 15) is 0 Å². The second kappa shape index (κ2) is 6.67. The fourth-order valence-electron chi connectivity index (χ4n) is 3.15. The quantitative estimate of drug-likeness (QED) is 0.737. The molecule has 3 aromatic rings. The molecule has 1 saturated heterocycles. The van der Waals surface area contributed by atoms with Crippen molar-refractivity contribution >= 4 is 10.8 Å². The zero-order chi connectivity index (χ0) is 16.4. The van der Waals surface area contributed by atoms with Crippen molar-refractivity contribution in [1.82, 2.24) is 24.9 Å². The molecule has 0 amide bonds. The number of morpholine rings is 1. The van der Waals surface area contributed by atoms with Crippen molar-refractivity contribution in [3.63, 3.8) is 0 Å². The fraction of sp³-hybridized carbons (Fsp3) is 0.389. The average Bonchev–Trinajstić information content (AvgIpc) is 3.10. The van der Waals surface area contributed by atoms with Gasteiger partial charge in [-0.05, 0) is 24.1 Å². The molecule has 2 aromatic heterocycles. The number of likely N-dealkylation sites (N-methyl/N-ethyl adjacent to an activating group) is 1. The van der Waals surface area contributed by atoms with Crippen molar-refractivity contribution in [3.05, 3.63) is 42.9 Å². The Hall–Kier alpha value is -2.31. The van der Waals surface area contributed by atoms with Gasteiger partial charge in [0, 0.05) is 36.4 Å². The average molecular weight is 323 g/mol. The number of benzene rings is 1. The van der Waals surface area contributed by atoms with E-state index in [1.807, 2.05) is 29.3 Å². The van der Waals surface area contributed by atoms with Crippen molar-refractivity contribution in [2.75, 3.05) is 26.2 Å². The van der Waals surface area contributed by atoms with E-state index in [1.165, 1.54) is 0 Å². The van der Waals surface area contributed by atoms with Gasteiger partial charge in [-0.2, -0.15) is 0 Å². The lowest BCUT2D eigenvalue weighted by molar-refractivity contribution is -0.0360. The van der Waals surface area contributed by atoms with Crippen molar-refractivity contribution in [1.29, 1.82) is 0 Å². The van der Waals surface area contributed by atoms with Crippen LogP contribution in [0.3, 0.4) is 0 Å². The third-order valence-electron chi connectivity index (χ3n) is 4.54. The first-order chi connectivity index (χ1) is 11.8. The van der Waals surface area contributed by atoms with Gasteiger partial charge in [-0.25, -0.2) is 4.68 Å². The highest BCUT2D eigenvalue weighted by molar-refractivity contribution is 5.85. The summed E-state index contributed by atoms with van der Waals surface area (Å²) in [7, 11) is 0. The minimum Gasteiger partial charge on any atom is -0.374 e. The van der Waals surface area contributed by atoms with Gasteiger partial charge in [-0.15, -0.1) is 5.10 Å². The van der Waals surface area contributed by atoms with Crippen LogP contribution in [-0.4, -0.2) is 57.2 Å². The Labute approximate surface area is 141 Å². The van der Waals surface area contributed by atoms with Crippen LogP contribution in [0.15, 0.2) is 42.9 Å². The minimum absolute atomic E-state index is 0.177.